The number of aromatic amines is 1. The lowest BCUT2D eigenvalue weighted by Crippen LogP contribution is -2.65. The van der Waals surface area contributed by atoms with Crippen LogP contribution in [0.3, 0.4) is 0 Å². The number of aliphatic hydroxyl groups is 8. The maximum Gasteiger partial charge on any atom is 0.404 e. The average molecular weight is 1420 g/mol. The molecule has 9 unspecified atom stereocenters. The maximum absolute atomic E-state index is 15.2. The van der Waals surface area contributed by atoms with Crippen LogP contribution in [-0.2, 0) is 65.0 Å². The number of primary amides is 3. The fourth-order valence-electron chi connectivity index (χ4n) is 9.80. The topological polar surface area (TPSA) is 627 Å². The molecule has 96 heavy (non-hydrogen) atoms. The molecule has 8 amide bonds. The smallest absolute Gasteiger partial charge is 0.404 e. The van der Waals surface area contributed by atoms with Gasteiger partial charge in [-0.2, -0.15) is 0 Å². The summed E-state index contributed by atoms with van der Waals surface area (Å²) in [5, 5.41) is 108. The van der Waals surface area contributed by atoms with Gasteiger partial charge in [-0.25, -0.2) is 29.7 Å². The van der Waals surface area contributed by atoms with E-state index in [-0.39, 0.29) is 64.9 Å². The molecule has 2 aliphatic heterocycles. The molecule has 25 N–H and O–H groups in total. The third-order valence-corrected chi connectivity index (χ3v) is 18.2. The Hall–Kier alpha value is -7.30. The van der Waals surface area contributed by atoms with Gasteiger partial charge in [-0.3, -0.25) is 33.6 Å². The molecule has 41 heteroatoms. The van der Waals surface area contributed by atoms with Crippen molar-refractivity contribution < 1.29 is 103 Å². The molecule has 4 aromatic heterocycles. The van der Waals surface area contributed by atoms with Gasteiger partial charge in [0.2, 0.25) is 29.5 Å². The first-order chi connectivity index (χ1) is 45.3. The van der Waals surface area contributed by atoms with Gasteiger partial charge in [-0.1, -0.05) is 6.92 Å². The Morgan fingerprint density at radius 2 is 1.47 bits per heavy atom. The predicted molar refractivity (Wildman–Crippen MR) is 339 cm³/mol. The van der Waals surface area contributed by atoms with E-state index in [0.29, 0.717) is 22.3 Å². The van der Waals surface area contributed by atoms with Crippen molar-refractivity contribution in [1.29, 1.82) is 0 Å². The summed E-state index contributed by atoms with van der Waals surface area (Å²) in [5.74, 6) is -7.69. The van der Waals surface area contributed by atoms with E-state index < -0.39 is 183 Å². The summed E-state index contributed by atoms with van der Waals surface area (Å²) in [5.41, 5.74) is 28.1. The third-order valence-electron chi connectivity index (χ3n) is 15.3. The zero-order chi connectivity index (χ0) is 71.0. The van der Waals surface area contributed by atoms with Crippen LogP contribution < -0.4 is 60.6 Å². The summed E-state index contributed by atoms with van der Waals surface area (Å²) >= 11 is 2.52. The highest BCUT2D eigenvalue weighted by Crippen LogP contribution is 2.35. The summed E-state index contributed by atoms with van der Waals surface area (Å²) in [6, 6.07) is -7.85. The number of aromatic nitrogens is 6. The van der Waals surface area contributed by atoms with Gasteiger partial charge in [0.1, 0.15) is 100 Å². The Morgan fingerprint density at radius 3 is 2.09 bits per heavy atom. The number of nitrogens with one attached hydrogen (secondary N) is 7. The Balaban J connectivity index is 1.26. The first kappa shape index (κ1) is 77.7. The zero-order valence-electron chi connectivity index (χ0n) is 52.9. The first-order valence-electron chi connectivity index (χ1n) is 29.8. The maximum atomic E-state index is 15.2. The number of carbonyl (C=O) groups is 8. The fraction of sp³-hybridized carbons (Fsp3) is 0.618. The lowest BCUT2D eigenvalue weighted by Gasteiger charge is -2.47. The molecule has 2 aliphatic rings. The number of nitrogens with zero attached hydrogens (tertiary/aromatic N) is 5. The normalized spacial score (nSPS) is 24.0. The first-order valence-corrected chi connectivity index (χ1v) is 33.8. The van der Waals surface area contributed by atoms with Gasteiger partial charge < -0.3 is 130 Å². The fourth-order valence-corrected chi connectivity index (χ4v) is 12.1. The molecule has 0 aromatic carbocycles. The van der Waals surface area contributed by atoms with Crippen molar-refractivity contribution in [2.45, 2.75) is 157 Å². The van der Waals surface area contributed by atoms with E-state index in [1.165, 1.54) is 50.4 Å². The largest absolute Gasteiger partial charge is 0.441 e. The minimum Gasteiger partial charge on any atom is -0.441 e. The number of imidazole rings is 1. The van der Waals surface area contributed by atoms with E-state index in [4.69, 9.17) is 52.4 Å². The number of amides is 8. The van der Waals surface area contributed by atoms with Crippen LogP contribution in [0, 0.1) is 12.8 Å². The highest BCUT2D eigenvalue weighted by molar-refractivity contribution is 7.95. The van der Waals surface area contributed by atoms with Crippen LogP contribution in [0.4, 0.5) is 10.6 Å². The van der Waals surface area contributed by atoms with Crippen molar-refractivity contribution in [3.63, 3.8) is 0 Å². The lowest BCUT2D eigenvalue weighted by atomic mass is 9.96. The van der Waals surface area contributed by atoms with Crippen molar-refractivity contribution in [2.24, 2.45) is 28.9 Å². The number of anilines is 1. The minimum atomic E-state index is -2.20. The van der Waals surface area contributed by atoms with Crippen molar-refractivity contribution >= 4 is 86.8 Å². The molecule has 0 aliphatic carbocycles. The van der Waals surface area contributed by atoms with Crippen molar-refractivity contribution in [1.82, 2.24) is 61.8 Å². The second-order valence-electron chi connectivity index (χ2n) is 22.8. The van der Waals surface area contributed by atoms with Crippen LogP contribution in [0.25, 0.3) is 10.7 Å². The summed E-state index contributed by atoms with van der Waals surface area (Å²) in [6.45, 7) is 3.18. The van der Waals surface area contributed by atoms with Gasteiger partial charge in [0.25, 0.3) is 11.8 Å². The van der Waals surface area contributed by atoms with Gasteiger partial charge in [0, 0.05) is 55.2 Å². The van der Waals surface area contributed by atoms with Gasteiger partial charge in [0.15, 0.2) is 18.7 Å². The summed E-state index contributed by atoms with van der Waals surface area (Å²) in [7, 11) is 0.254. The molecule has 0 spiro atoms. The Labute approximate surface area is 559 Å². The molecule has 0 radical (unpaired) electrons. The minimum absolute atomic E-state index is 0.00498. The lowest BCUT2D eigenvalue weighted by molar-refractivity contribution is -0.372. The molecule has 0 bridgehead atoms. The third kappa shape index (κ3) is 20.6. The second kappa shape index (κ2) is 35.8. The van der Waals surface area contributed by atoms with E-state index >= 15 is 4.79 Å². The number of hydrogen-bond donors (Lipinski definition) is 20. The predicted octanol–water partition coefficient (Wildman–Crippen LogP) is -7.70. The van der Waals surface area contributed by atoms with Crippen molar-refractivity contribution in [2.75, 3.05) is 56.8 Å². The molecule has 0 saturated carbocycles. The summed E-state index contributed by atoms with van der Waals surface area (Å²) in [4.78, 5) is 131. The van der Waals surface area contributed by atoms with Crippen LogP contribution in [0.15, 0.2) is 23.3 Å². The number of hydrogen-bond acceptors (Lipinski definition) is 31. The highest BCUT2D eigenvalue weighted by Gasteiger charge is 2.54. The summed E-state index contributed by atoms with van der Waals surface area (Å²) < 4.78 is 28.7. The van der Waals surface area contributed by atoms with E-state index in [0.717, 1.165) is 24.7 Å². The van der Waals surface area contributed by atoms with Gasteiger partial charge >= 0.3 is 6.09 Å². The number of ether oxygens (including phenoxy) is 5. The number of H-pyrrole nitrogens is 1. The Bertz CT molecular complexity index is 3280. The van der Waals surface area contributed by atoms with Gasteiger partial charge in [0.05, 0.1) is 85.2 Å². The quantitative estimate of drug-likeness (QED) is 0.0150. The molecule has 6 heterocycles. The number of nitrogens with two attached hydrogens (primary N) is 5. The van der Waals surface area contributed by atoms with E-state index in [9.17, 15) is 74.4 Å². The summed E-state index contributed by atoms with van der Waals surface area (Å²) in [6.07, 6.45) is -20.0. The molecule has 19 atom stereocenters. The van der Waals surface area contributed by atoms with Crippen LogP contribution in [0.2, 0.25) is 0 Å². The molecular formula is C55H84N17O21S3+. The average Bonchev–Trinajstić information content (AvgIpc) is 0.885. The van der Waals surface area contributed by atoms with Crippen molar-refractivity contribution in [3.05, 3.63) is 56.8 Å². The molecule has 2 saturated heterocycles. The second-order valence-corrected chi connectivity index (χ2v) is 27.0. The van der Waals surface area contributed by atoms with Crippen LogP contribution in [-0.4, -0.2) is 267 Å². The molecule has 2 fully saturated rings. The van der Waals surface area contributed by atoms with Crippen LogP contribution in [0.5, 0.6) is 0 Å². The number of nitrogen functional groups attached to an aromatic ring is 1. The number of aliphatic hydroxyl groups excluding tert-OH is 8. The molecule has 4 aromatic rings. The van der Waals surface area contributed by atoms with Crippen LogP contribution >= 0.6 is 22.7 Å². The van der Waals surface area contributed by atoms with E-state index in [2.05, 4.69) is 74.3 Å². The number of thiazole rings is 2. The molecule has 532 valence electrons. The standard InChI is InChI=1S/C55H83N17O21S3/c1-20-33(69-46(72-44(20)58)25(12-31(57)76)64-13-24(56)45(59)82)50(86)71-35(41(26-14-61-19-65-26)91-54-43(39(80)37(78)29(15-73)90-54)92-53-40(81)42(93-55(60)88)38(79)30(16-74)89-53)51(87)66-22(3)36(77)21(2)47(83)70-34(23(4)75)49(85)63-10-8-32-67-28(18-94-32)52-68-27(17-95-52)48(84)62-9-7-11-96(5)6/h14,17-19,21-25,29-30,34-43,53-54,64,73-75,77-81H,7-13,15-16,56H2,1-6H3,(H13-,57,58,59,60,61,62,63,65,66,69,70,71,72,76,82,83,84,85,86,87,88)/p+1/t21?,22?,23?,24?,25?,29-,30+,34?,35?,36?,37+,38+,39-,40-,41?,42-,43-,53+,54-/m0/s1. The molecule has 38 nitrogen and oxygen atoms in total. The zero-order valence-corrected chi connectivity index (χ0v) is 55.3. The monoisotopic (exact) mass is 1410 g/mol. The van der Waals surface area contributed by atoms with Crippen molar-refractivity contribution in [3.8, 4) is 10.7 Å². The van der Waals surface area contributed by atoms with E-state index in [1.807, 2.05) is 0 Å². The Morgan fingerprint density at radius 1 is 0.781 bits per heavy atom. The Kier molecular flexibility index (Phi) is 29.0. The number of rotatable bonds is 35. The molecule has 6 rings (SSSR count). The van der Waals surface area contributed by atoms with Gasteiger partial charge in [-0.15, -0.1) is 22.7 Å². The van der Waals surface area contributed by atoms with E-state index in [1.54, 1.807) is 10.8 Å². The SMILES string of the molecule is Cc1c(N)nc(C(CC(N)=O)NCC(N)C(N)=O)nc1C(=O)NC(C(=O)NC(C)C(O)C(C)C(=O)NC(C(=O)NCCc1nc(-c2nc(C(=O)NCCC[S+](C)C)cs2)cs1)C(C)O)C(O[C@@H]1O[C@@H](CO)[C@@H](O)[C@H](O)[C@@H]1O[C@H]1O[C@H](CO)[C@@H](O)[C@H](OC(N)=O)[C@@H]1O)c1cnc[nH]1. The van der Waals surface area contributed by atoms with Crippen LogP contribution in [0.1, 0.15) is 88.8 Å². The number of carbonyl (C=O) groups excluding carboxylic acids is 8. The highest BCUT2D eigenvalue weighted by atomic mass is 32.2. The molecular weight excluding hydrogens is 1330 g/mol. The van der Waals surface area contributed by atoms with Gasteiger partial charge in [-0.05, 0) is 31.7 Å².